The van der Waals surface area contributed by atoms with E-state index in [0.717, 1.165) is 22.7 Å². The van der Waals surface area contributed by atoms with E-state index in [4.69, 9.17) is 0 Å². The van der Waals surface area contributed by atoms with Gasteiger partial charge in [0.15, 0.2) is 5.65 Å². The number of hydrogen-bond acceptors (Lipinski definition) is 3. The van der Waals surface area contributed by atoms with Crippen LogP contribution in [0.4, 0.5) is 5.69 Å². The summed E-state index contributed by atoms with van der Waals surface area (Å²) in [6, 6.07) is 11.7. The Balaban J connectivity index is 1.76. The van der Waals surface area contributed by atoms with Crippen LogP contribution in [0.1, 0.15) is 36.7 Å². The van der Waals surface area contributed by atoms with Crippen molar-refractivity contribution < 1.29 is 4.79 Å². The highest BCUT2D eigenvalue weighted by Crippen LogP contribution is 2.17. The van der Waals surface area contributed by atoms with Crippen LogP contribution in [0.3, 0.4) is 0 Å². The molecule has 0 unspecified atom stereocenters. The summed E-state index contributed by atoms with van der Waals surface area (Å²) in [5, 5.41) is 11.3. The highest BCUT2D eigenvalue weighted by Gasteiger charge is 2.10. The van der Waals surface area contributed by atoms with Crippen molar-refractivity contribution in [3.63, 3.8) is 0 Å². The molecule has 0 bridgehead atoms. The number of hydrogen-bond donors (Lipinski definition) is 1. The van der Waals surface area contributed by atoms with Crippen LogP contribution in [0, 0.1) is 6.92 Å². The summed E-state index contributed by atoms with van der Waals surface area (Å²) < 4.78 is 1.92. The lowest BCUT2D eigenvalue weighted by Gasteiger charge is -2.08. The minimum atomic E-state index is -0.0348. The number of aromatic nitrogens is 3. The highest BCUT2D eigenvalue weighted by molar-refractivity contribution is 5.92. The van der Waals surface area contributed by atoms with Crippen LogP contribution in [0.5, 0.6) is 0 Å². The Kier molecular flexibility index (Phi) is 4.10. The molecule has 23 heavy (non-hydrogen) atoms. The molecule has 0 saturated heterocycles. The lowest BCUT2D eigenvalue weighted by Crippen LogP contribution is -2.14. The normalized spacial score (nSPS) is 11.1. The number of pyridine rings is 1. The Morgan fingerprint density at radius 3 is 2.57 bits per heavy atom. The van der Waals surface area contributed by atoms with Gasteiger partial charge in [-0.05, 0) is 24.6 Å². The van der Waals surface area contributed by atoms with Crippen molar-refractivity contribution in [2.75, 3.05) is 5.32 Å². The number of carbonyl (C=O) groups excluding carboxylic acids is 1. The average molecular weight is 308 g/mol. The van der Waals surface area contributed by atoms with Gasteiger partial charge in [0, 0.05) is 12.1 Å². The van der Waals surface area contributed by atoms with Crippen molar-refractivity contribution >= 4 is 17.2 Å². The number of rotatable bonds is 4. The molecule has 0 spiro atoms. The summed E-state index contributed by atoms with van der Waals surface area (Å²) in [4.78, 5) is 12.2. The summed E-state index contributed by atoms with van der Waals surface area (Å²) >= 11 is 0. The Hall–Kier alpha value is -2.69. The first-order chi connectivity index (χ1) is 11.0. The van der Waals surface area contributed by atoms with E-state index in [-0.39, 0.29) is 11.8 Å². The second-order valence-electron chi connectivity index (χ2n) is 6.07. The summed E-state index contributed by atoms with van der Waals surface area (Å²) in [6.07, 6.45) is 2.23. The predicted octanol–water partition coefficient (Wildman–Crippen LogP) is 3.34. The standard InChI is InChI=1S/C18H20N4O/c1-12(2)18-21-20-16-9-8-15(11-22(16)18)19-17(23)10-14-6-4-13(3)5-7-14/h4-9,11-12H,10H2,1-3H3,(H,19,23). The fourth-order valence-electron chi connectivity index (χ4n) is 2.47. The Morgan fingerprint density at radius 2 is 1.87 bits per heavy atom. The topological polar surface area (TPSA) is 59.3 Å². The molecule has 0 aliphatic rings. The molecule has 5 heteroatoms. The van der Waals surface area contributed by atoms with E-state index in [1.54, 1.807) is 0 Å². The molecular weight excluding hydrogens is 288 g/mol. The molecule has 2 aromatic heterocycles. The number of nitrogens with one attached hydrogen (secondary N) is 1. The monoisotopic (exact) mass is 308 g/mol. The molecule has 0 fully saturated rings. The minimum absolute atomic E-state index is 0.0348. The maximum atomic E-state index is 12.2. The van der Waals surface area contributed by atoms with E-state index < -0.39 is 0 Å². The molecule has 3 aromatic rings. The van der Waals surface area contributed by atoms with Gasteiger partial charge >= 0.3 is 0 Å². The van der Waals surface area contributed by atoms with Gasteiger partial charge in [-0.15, -0.1) is 10.2 Å². The van der Waals surface area contributed by atoms with Gasteiger partial charge in [-0.3, -0.25) is 9.20 Å². The van der Waals surface area contributed by atoms with Crippen LogP contribution < -0.4 is 5.32 Å². The van der Waals surface area contributed by atoms with E-state index in [1.807, 2.05) is 53.9 Å². The first-order valence-electron chi connectivity index (χ1n) is 7.73. The van der Waals surface area contributed by atoms with E-state index in [0.29, 0.717) is 6.42 Å². The zero-order chi connectivity index (χ0) is 16.4. The van der Waals surface area contributed by atoms with Gasteiger partial charge in [0.25, 0.3) is 0 Å². The van der Waals surface area contributed by atoms with Crippen LogP contribution in [-0.4, -0.2) is 20.5 Å². The maximum absolute atomic E-state index is 12.2. The molecule has 3 rings (SSSR count). The highest BCUT2D eigenvalue weighted by atomic mass is 16.1. The first kappa shape index (κ1) is 15.2. The van der Waals surface area contributed by atoms with Crippen LogP contribution in [0.25, 0.3) is 5.65 Å². The molecule has 0 radical (unpaired) electrons. The Bertz CT molecular complexity index is 834. The van der Waals surface area contributed by atoms with Crippen molar-refractivity contribution in [3.05, 3.63) is 59.5 Å². The molecule has 0 atom stereocenters. The van der Waals surface area contributed by atoms with Gasteiger partial charge in [-0.25, -0.2) is 0 Å². The first-order valence-corrected chi connectivity index (χ1v) is 7.73. The SMILES string of the molecule is Cc1ccc(CC(=O)Nc2ccc3nnc(C(C)C)n3c2)cc1. The lowest BCUT2D eigenvalue weighted by atomic mass is 10.1. The average Bonchev–Trinajstić information content (AvgIpc) is 2.93. The van der Waals surface area contributed by atoms with Crippen molar-refractivity contribution in [1.29, 1.82) is 0 Å². The van der Waals surface area contributed by atoms with Gasteiger partial charge in [-0.1, -0.05) is 43.7 Å². The molecule has 1 N–H and O–H groups in total. The maximum Gasteiger partial charge on any atom is 0.228 e. The third kappa shape index (κ3) is 3.39. The largest absolute Gasteiger partial charge is 0.324 e. The van der Waals surface area contributed by atoms with Crippen LogP contribution in [-0.2, 0) is 11.2 Å². The second-order valence-corrected chi connectivity index (χ2v) is 6.07. The van der Waals surface area contributed by atoms with Gasteiger partial charge < -0.3 is 5.32 Å². The molecule has 118 valence electrons. The molecule has 2 heterocycles. The minimum Gasteiger partial charge on any atom is -0.324 e. The number of aryl methyl sites for hydroxylation is 1. The van der Waals surface area contributed by atoms with Crippen molar-refractivity contribution in [3.8, 4) is 0 Å². The molecule has 1 amide bonds. The summed E-state index contributed by atoms with van der Waals surface area (Å²) in [7, 11) is 0. The summed E-state index contributed by atoms with van der Waals surface area (Å²) in [5.41, 5.74) is 3.72. The number of benzene rings is 1. The van der Waals surface area contributed by atoms with Gasteiger partial charge in [0.2, 0.25) is 5.91 Å². The van der Waals surface area contributed by atoms with Crippen molar-refractivity contribution in [2.24, 2.45) is 0 Å². The molecule has 1 aromatic carbocycles. The molecule has 0 aliphatic heterocycles. The zero-order valence-electron chi connectivity index (χ0n) is 13.6. The third-order valence-corrected chi connectivity index (χ3v) is 3.71. The van der Waals surface area contributed by atoms with Crippen molar-refractivity contribution in [1.82, 2.24) is 14.6 Å². The summed E-state index contributed by atoms with van der Waals surface area (Å²) in [5.74, 6) is 1.12. The van der Waals surface area contributed by atoms with Crippen LogP contribution >= 0.6 is 0 Å². The second kappa shape index (κ2) is 6.20. The number of fused-ring (bicyclic) bond motifs is 1. The quantitative estimate of drug-likeness (QED) is 0.804. The van der Waals surface area contributed by atoms with Crippen LogP contribution in [0.2, 0.25) is 0 Å². The predicted molar refractivity (Wildman–Crippen MR) is 90.6 cm³/mol. The fourth-order valence-corrected chi connectivity index (χ4v) is 2.47. The van der Waals surface area contributed by atoms with E-state index >= 15 is 0 Å². The van der Waals surface area contributed by atoms with E-state index in [9.17, 15) is 4.79 Å². The van der Waals surface area contributed by atoms with E-state index in [2.05, 4.69) is 29.4 Å². The number of amides is 1. The molecular formula is C18H20N4O. The third-order valence-electron chi connectivity index (χ3n) is 3.71. The van der Waals surface area contributed by atoms with Gasteiger partial charge in [0.05, 0.1) is 12.1 Å². The van der Waals surface area contributed by atoms with E-state index in [1.165, 1.54) is 5.56 Å². The van der Waals surface area contributed by atoms with Gasteiger partial charge in [0.1, 0.15) is 5.82 Å². The number of anilines is 1. The summed E-state index contributed by atoms with van der Waals surface area (Å²) in [6.45, 7) is 6.17. The zero-order valence-corrected chi connectivity index (χ0v) is 13.6. The Labute approximate surface area is 135 Å². The smallest absolute Gasteiger partial charge is 0.228 e. The number of nitrogens with zero attached hydrogens (tertiary/aromatic N) is 3. The van der Waals surface area contributed by atoms with Crippen LogP contribution in [0.15, 0.2) is 42.6 Å². The van der Waals surface area contributed by atoms with Gasteiger partial charge in [-0.2, -0.15) is 0 Å². The molecule has 5 nitrogen and oxygen atoms in total. The lowest BCUT2D eigenvalue weighted by molar-refractivity contribution is -0.115. The molecule has 0 saturated carbocycles. The Morgan fingerprint density at radius 1 is 1.13 bits per heavy atom. The number of carbonyl (C=O) groups is 1. The fraction of sp³-hybridized carbons (Fsp3) is 0.278. The van der Waals surface area contributed by atoms with Crippen molar-refractivity contribution in [2.45, 2.75) is 33.1 Å². The molecule has 0 aliphatic carbocycles.